The van der Waals surface area contributed by atoms with Crippen LogP contribution in [-0.2, 0) is 13.2 Å². The molecular weight excluding hydrogens is 496 g/mol. The summed E-state index contributed by atoms with van der Waals surface area (Å²) in [5, 5.41) is 20.5. The highest BCUT2D eigenvalue weighted by molar-refractivity contribution is 5.90. The maximum Gasteiger partial charge on any atom is 0.269 e. The lowest BCUT2D eigenvalue weighted by Gasteiger charge is -2.14. The maximum atomic E-state index is 10.9. The lowest BCUT2D eigenvalue weighted by atomic mass is 10.0. The highest BCUT2D eigenvalue weighted by Gasteiger charge is 2.11. The number of nitro groups is 1. The van der Waals surface area contributed by atoms with Crippen molar-refractivity contribution >= 4 is 17.3 Å². The van der Waals surface area contributed by atoms with Crippen molar-refractivity contribution < 1.29 is 23.9 Å². The maximum absolute atomic E-state index is 10.9. The van der Waals surface area contributed by atoms with Crippen molar-refractivity contribution in [3.63, 3.8) is 0 Å². The van der Waals surface area contributed by atoms with Crippen LogP contribution in [0.1, 0.15) is 22.3 Å². The van der Waals surface area contributed by atoms with Crippen molar-refractivity contribution in [2.45, 2.75) is 13.2 Å². The van der Waals surface area contributed by atoms with Crippen LogP contribution in [-0.4, -0.2) is 19.1 Å². The number of rotatable bonds is 11. The summed E-state index contributed by atoms with van der Waals surface area (Å²) in [6.07, 6.45) is 1.69. The Morgan fingerprint density at radius 3 is 2.03 bits per heavy atom. The molecule has 4 aromatic carbocycles. The van der Waals surface area contributed by atoms with Crippen molar-refractivity contribution in [3.05, 3.63) is 123 Å². The SMILES string of the molecule is COc1cc(/C=C(\C#N)c2ccc([N+](=O)[O-])cc2)ccc1OCc1ccc(OCc2ccccc2)c(OC)c1. The minimum absolute atomic E-state index is 0.0359. The molecule has 0 radical (unpaired) electrons. The van der Waals surface area contributed by atoms with Gasteiger partial charge in [0.2, 0.25) is 0 Å². The molecule has 0 saturated heterocycles. The Bertz CT molecular complexity index is 1510. The lowest BCUT2D eigenvalue weighted by molar-refractivity contribution is -0.384. The van der Waals surface area contributed by atoms with Crippen LogP contribution in [0.25, 0.3) is 11.6 Å². The van der Waals surface area contributed by atoms with Gasteiger partial charge in [0.15, 0.2) is 23.0 Å². The second kappa shape index (κ2) is 12.8. The summed E-state index contributed by atoms with van der Waals surface area (Å²) in [5.74, 6) is 2.28. The summed E-state index contributed by atoms with van der Waals surface area (Å²) >= 11 is 0. The van der Waals surface area contributed by atoms with E-state index in [1.165, 1.54) is 12.1 Å². The van der Waals surface area contributed by atoms with E-state index in [4.69, 9.17) is 18.9 Å². The quantitative estimate of drug-likeness (QED) is 0.0920. The molecule has 39 heavy (non-hydrogen) atoms. The Hall–Kier alpha value is -5.29. The minimum atomic E-state index is -0.479. The zero-order chi connectivity index (χ0) is 27.6. The van der Waals surface area contributed by atoms with Crippen LogP contribution in [0, 0.1) is 21.4 Å². The molecule has 0 bridgehead atoms. The summed E-state index contributed by atoms with van der Waals surface area (Å²) < 4.78 is 23.0. The molecule has 8 nitrogen and oxygen atoms in total. The van der Waals surface area contributed by atoms with Gasteiger partial charge in [-0.05, 0) is 64.7 Å². The number of nitrogens with zero attached hydrogens (tertiary/aromatic N) is 2. The first-order valence-corrected chi connectivity index (χ1v) is 12.0. The fraction of sp³-hybridized carbons (Fsp3) is 0.129. The van der Waals surface area contributed by atoms with Crippen LogP contribution < -0.4 is 18.9 Å². The third kappa shape index (κ3) is 6.93. The van der Waals surface area contributed by atoms with Crippen molar-refractivity contribution in [1.29, 1.82) is 5.26 Å². The highest BCUT2D eigenvalue weighted by Crippen LogP contribution is 2.33. The first kappa shape index (κ1) is 26.8. The summed E-state index contributed by atoms with van der Waals surface area (Å²) in [6.45, 7) is 0.704. The number of methoxy groups -OCH3 is 2. The summed E-state index contributed by atoms with van der Waals surface area (Å²) in [6, 6.07) is 28.9. The van der Waals surface area contributed by atoms with E-state index in [2.05, 4.69) is 6.07 Å². The molecule has 196 valence electrons. The molecule has 0 aliphatic rings. The molecule has 0 amide bonds. The Kier molecular flexibility index (Phi) is 8.78. The zero-order valence-electron chi connectivity index (χ0n) is 21.5. The average Bonchev–Trinajstić information content (AvgIpc) is 2.98. The Morgan fingerprint density at radius 1 is 0.795 bits per heavy atom. The minimum Gasteiger partial charge on any atom is -0.493 e. The predicted molar refractivity (Wildman–Crippen MR) is 148 cm³/mol. The molecule has 4 rings (SSSR count). The Labute approximate surface area is 226 Å². The fourth-order valence-corrected chi connectivity index (χ4v) is 3.82. The number of nitro benzene ring substituents is 1. The van der Waals surface area contributed by atoms with Crippen LogP contribution in [0.3, 0.4) is 0 Å². The van der Waals surface area contributed by atoms with E-state index in [0.717, 1.165) is 16.7 Å². The smallest absolute Gasteiger partial charge is 0.269 e. The van der Waals surface area contributed by atoms with Gasteiger partial charge in [-0.3, -0.25) is 10.1 Å². The Balaban J connectivity index is 1.45. The van der Waals surface area contributed by atoms with Crippen molar-refractivity contribution in [1.82, 2.24) is 0 Å². The largest absolute Gasteiger partial charge is 0.493 e. The molecule has 8 heteroatoms. The van der Waals surface area contributed by atoms with Gasteiger partial charge in [0.25, 0.3) is 5.69 Å². The Morgan fingerprint density at radius 2 is 1.41 bits per heavy atom. The first-order chi connectivity index (χ1) is 19.0. The van der Waals surface area contributed by atoms with Crippen LogP contribution in [0.5, 0.6) is 23.0 Å². The standard InChI is InChI=1S/C31H26N2O6/c1-36-30-17-23(16-26(19-32)25-10-12-27(13-11-25)33(34)35)8-14-28(30)39-21-24-9-15-29(31(18-24)37-2)38-20-22-6-4-3-5-7-22/h3-18H,20-21H2,1-2H3/b26-16+. The molecule has 0 aromatic heterocycles. The van der Waals surface area contributed by atoms with Gasteiger partial charge in [-0.25, -0.2) is 0 Å². The van der Waals surface area contributed by atoms with Crippen molar-refractivity contribution in [2.75, 3.05) is 14.2 Å². The van der Waals surface area contributed by atoms with Crippen LogP contribution in [0.4, 0.5) is 5.69 Å². The average molecular weight is 523 g/mol. The fourth-order valence-electron chi connectivity index (χ4n) is 3.82. The van der Waals surface area contributed by atoms with Crippen molar-refractivity contribution in [2.24, 2.45) is 0 Å². The van der Waals surface area contributed by atoms with E-state index in [1.54, 1.807) is 44.6 Å². The zero-order valence-corrected chi connectivity index (χ0v) is 21.5. The molecule has 0 atom stereocenters. The second-order valence-corrected chi connectivity index (χ2v) is 8.43. The monoisotopic (exact) mass is 522 g/mol. The third-order valence-corrected chi connectivity index (χ3v) is 5.87. The topological polar surface area (TPSA) is 104 Å². The lowest BCUT2D eigenvalue weighted by Crippen LogP contribution is -2.01. The molecule has 0 aliphatic carbocycles. The number of ether oxygens (including phenoxy) is 4. The molecule has 0 aliphatic heterocycles. The van der Waals surface area contributed by atoms with E-state index >= 15 is 0 Å². The van der Waals surface area contributed by atoms with Gasteiger partial charge < -0.3 is 18.9 Å². The molecular formula is C31H26N2O6. The highest BCUT2D eigenvalue weighted by atomic mass is 16.6. The van der Waals surface area contributed by atoms with E-state index in [1.807, 2.05) is 54.6 Å². The first-order valence-electron chi connectivity index (χ1n) is 12.0. The van der Waals surface area contributed by atoms with Gasteiger partial charge in [0.05, 0.1) is 30.8 Å². The van der Waals surface area contributed by atoms with Gasteiger partial charge in [-0.1, -0.05) is 42.5 Å². The van der Waals surface area contributed by atoms with Crippen molar-refractivity contribution in [3.8, 4) is 29.1 Å². The van der Waals surface area contributed by atoms with Gasteiger partial charge >= 0.3 is 0 Å². The van der Waals surface area contributed by atoms with Gasteiger partial charge in [0, 0.05) is 12.1 Å². The number of benzene rings is 4. The molecule has 4 aromatic rings. The second-order valence-electron chi connectivity index (χ2n) is 8.43. The molecule has 0 saturated carbocycles. The van der Waals surface area contributed by atoms with E-state index in [0.29, 0.717) is 40.7 Å². The van der Waals surface area contributed by atoms with Gasteiger partial charge in [0.1, 0.15) is 13.2 Å². The van der Waals surface area contributed by atoms with Gasteiger partial charge in [-0.15, -0.1) is 0 Å². The number of nitriles is 1. The van der Waals surface area contributed by atoms with Crippen LogP contribution >= 0.6 is 0 Å². The normalized spacial score (nSPS) is 10.8. The number of non-ortho nitro benzene ring substituents is 1. The molecule has 0 N–H and O–H groups in total. The molecule has 0 unspecified atom stereocenters. The van der Waals surface area contributed by atoms with E-state index < -0.39 is 4.92 Å². The molecule has 0 spiro atoms. The van der Waals surface area contributed by atoms with E-state index in [-0.39, 0.29) is 12.3 Å². The predicted octanol–water partition coefficient (Wildman–Crippen LogP) is 6.83. The summed E-state index contributed by atoms with van der Waals surface area (Å²) in [7, 11) is 3.13. The van der Waals surface area contributed by atoms with Crippen LogP contribution in [0.2, 0.25) is 0 Å². The number of allylic oxidation sites excluding steroid dienone is 1. The van der Waals surface area contributed by atoms with Gasteiger partial charge in [-0.2, -0.15) is 5.26 Å². The van der Waals surface area contributed by atoms with Crippen LogP contribution in [0.15, 0.2) is 91.0 Å². The summed E-state index contributed by atoms with van der Waals surface area (Å²) in [5.41, 5.74) is 3.57. The third-order valence-electron chi connectivity index (χ3n) is 5.87. The van der Waals surface area contributed by atoms with E-state index in [9.17, 15) is 15.4 Å². The molecule has 0 heterocycles. The number of hydrogen-bond donors (Lipinski definition) is 0. The summed E-state index contributed by atoms with van der Waals surface area (Å²) in [4.78, 5) is 10.4. The molecule has 0 fully saturated rings. The number of hydrogen-bond acceptors (Lipinski definition) is 7.